The Morgan fingerprint density at radius 3 is 2.73 bits per heavy atom. The van der Waals surface area contributed by atoms with Crippen molar-refractivity contribution in [2.45, 2.75) is 25.3 Å². The fourth-order valence-corrected chi connectivity index (χ4v) is 3.98. The molecule has 5 rings (SSSR count). The van der Waals surface area contributed by atoms with Crippen LogP contribution in [-0.4, -0.2) is 37.6 Å². The molecule has 1 N–H and O–H groups in total. The summed E-state index contributed by atoms with van der Waals surface area (Å²) in [4.78, 5) is 11.4. The molecule has 4 aromatic rings. The lowest BCUT2D eigenvalue weighted by atomic mass is 9.96. The Morgan fingerprint density at radius 1 is 1.03 bits per heavy atom. The molecule has 0 aliphatic carbocycles. The van der Waals surface area contributed by atoms with Gasteiger partial charge in [-0.2, -0.15) is 5.10 Å². The van der Waals surface area contributed by atoms with Crippen molar-refractivity contribution >= 4 is 17.0 Å². The first-order valence-electron chi connectivity index (χ1n) is 10.2. The van der Waals surface area contributed by atoms with Gasteiger partial charge in [0.15, 0.2) is 11.5 Å². The molecule has 4 heterocycles. The Balaban J connectivity index is 1.25. The zero-order chi connectivity index (χ0) is 20.3. The summed E-state index contributed by atoms with van der Waals surface area (Å²) in [5.41, 5.74) is 3.62. The second-order valence-electron chi connectivity index (χ2n) is 7.74. The van der Waals surface area contributed by atoms with Crippen LogP contribution in [0.5, 0.6) is 0 Å². The first-order valence-corrected chi connectivity index (χ1v) is 10.2. The smallest absolute Gasteiger partial charge is 0.155 e. The molecule has 0 spiro atoms. The number of nitrogens with one attached hydrogen (secondary N) is 1. The van der Waals surface area contributed by atoms with E-state index in [-0.39, 0.29) is 5.82 Å². The van der Waals surface area contributed by atoms with Gasteiger partial charge in [-0.15, -0.1) is 0 Å². The van der Waals surface area contributed by atoms with Crippen molar-refractivity contribution in [2.24, 2.45) is 0 Å². The molecule has 1 saturated heterocycles. The SMILES string of the molecule is Fc1cccc(Nc2ccc3nc(C4CCN(Cc5cccnc5)CC4)nn3c2)c1. The van der Waals surface area contributed by atoms with Crippen molar-refractivity contribution < 1.29 is 4.39 Å². The zero-order valence-electron chi connectivity index (χ0n) is 16.6. The van der Waals surface area contributed by atoms with Gasteiger partial charge in [0.05, 0.1) is 11.9 Å². The number of anilines is 2. The van der Waals surface area contributed by atoms with Gasteiger partial charge in [-0.25, -0.2) is 13.9 Å². The lowest BCUT2D eigenvalue weighted by Crippen LogP contribution is -2.32. The maximum atomic E-state index is 13.4. The second-order valence-corrected chi connectivity index (χ2v) is 7.74. The van der Waals surface area contributed by atoms with Crippen molar-refractivity contribution in [1.82, 2.24) is 24.5 Å². The summed E-state index contributed by atoms with van der Waals surface area (Å²) < 4.78 is 15.2. The third-order valence-corrected chi connectivity index (χ3v) is 5.54. The number of fused-ring (bicyclic) bond motifs is 1. The monoisotopic (exact) mass is 402 g/mol. The van der Waals surface area contributed by atoms with Crippen LogP contribution in [0.3, 0.4) is 0 Å². The van der Waals surface area contributed by atoms with Gasteiger partial charge in [0, 0.05) is 30.5 Å². The number of rotatable bonds is 5. The molecular weight excluding hydrogens is 379 g/mol. The average Bonchev–Trinajstić information content (AvgIpc) is 3.18. The highest BCUT2D eigenvalue weighted by Gasteiger charge is 2.24. The molecule has 0 bridgehead atoms. The highest BCUT2D eigenvalue weighted by molar-refractivity contribution is 5.60. The van der Waals surface area contributed by atoms with Crippen LogP contribution < -0.4 is 5.32 Å². The van der Waals surface area contributed by atoms with E-state index in [1.807, 2.05) is 42.9 Å². The van der Waals surface area contributed by atoms with E-state index in [2.05, 4.69) is 21.3 Å². The molecule has 0 amide bonds. The van der Waals surface area contributed by atoms with E-state index < -0.39 is 0 Å². The van der Waals surface area contributed by atoms with Crippen molar-refractivity contribution in [2.75, 3.05) is 18.4 Å². The molecule has 7 heteroatoms. The molecule has 1 aliphatic rings. The van der Waals surface area contributed by atoms with E-state index in [1.165, 1.54) is 17.7 Å². The van der Waals surface area contributed by atoms with Gasteiger partial charge in [0.2, 0.25) is 0 Å². The summed E-state index contributed by atoms with van der Waals surface area (Å²) in [6.45, 7) is 3.00. The molecule has 0 saturated carbocycles. The Labute approximate surface area is 174 Å². The fourth-order valence-electron chi connectivity index (χ4n) is 3.98. The average molecular weight is 402 g/mol. The first kappa shape index (κ1) is 18.7. The van der Waals surface area contributed by atoms with Gasteiger partial charge in [-0.3, -0.25) is 9.88 Å². The van der Waals surface area contributed by atoms with Crippen LogP contribution in [0.15, 0.2) is 67.1 Å². The summed E-state index contributed by atoms with van der Waals surface area (Å²) in [5.74, 6) is 1.01. The Kier molecular flexibility index (Phi) is 5.11. The molecule has 152 valence electrons. The maximum Gasteiger partial charge on any atom is 0.155 e. The maximum absolute atomic E-state index is 13.4. The standard InChI is InChI=1S/C23H23FN6/c24-19-4-1-5-20(13-19)26-21-6-7-22-27-23(28-30(22)16-21)18-8-11-29(12-9-18)15-17-3-2-10-25-14-17/h1-7,10,13-14,16,18,26H,8-9,11-12,15H2. The van der Waals surface area contributed by atoms with Gasteiger partial charge in [0.25, 0.3) is 0 Å². The van der Waals surface area contributed by atoms with Gasteiger partial charge >= 0.3 is 0 Å². The number of aromatic nitrogens is 4. The van der Waals surface area contributed by atoms with Crippen LogP contribution in [0, 0.1) is 5.82 Å². The molecule has 0 atom stereocenters. The van der Waals surface area contributed by atoms with Crippen LogP contribution in [0.2, 0.25) is 0 Å². The number of pyridine rings is 2. The molecule has 3 aromatic heterocycles. The summed E-state index contributed by atoms with van der Waals surface area (Å²) in [6, 6.07) is 14.4. The quantitative estimate of drug-likeness (QED) is 0.537. The van der Waals surface area contributed by atoms with Gasteiger partial charge in [-0.1, -0.05) is 12.1 Å². The predicted octanol–water partition coefficient (Wildman–Crippen LogP) is 4.39. The molecule has 1 aliphatic heterocycles. The van der Waals surface area contributed by atoms with E-state index in [9.17, 15) is 4.39 Å². The van der Waals surface area contributed by atoms with E-state index in [1.54, 1.807) is 10.6 Å². The second kappa shape index (κ2) is 8.20. The number of hydrogen-bond donors (Lipinski definition) is 1. The lowest BCUT2D eigenvalue weighted by molar-refractivity contribution is 0.201. The highest BCUT2D eigenvalue weighted by Crippen LogP contribution is 2.27. The summed E-state index contributed by atoms with van der Waals surface area (Å²) in [5, 5.41) is 7.94. The molecule has 6 nitrogen and oxygen atoms in total. The van der Waals surface area contributed by atoms with Gasteiger partial charge in [-0.05, 0) is 67.9 Å². The topological polar surface area (TPSA) is 58.4 Å². The largest absolute Gasteiger partial charge is 0.354 e. The third kappa shape index (κ3) is 4.16. The third-order valence-electron chi connectivity index (χ3n) is 5.54. The minimum Gasteiger partial charge on any atom is -0.354 e. The molecule has 0 radical (unpaired) electrons. The van der Waals surface area contributed by atoms with Crippen LogP contribution in [0.4, 0.5) is 15.8 Å². The van der Waals surface area contributed by atoms with E-state index >= 15 is 0 Å². The normalized spacial score (nSPS) is 15.5. The predicted molar refractivity (Wildman–Crippen MR) is 114 cm³/mol. The van der Waals surface area contributed by atoms with Crippen LogP contribution in [0.1, 0.15) is 30.1 Å². The number of benzene rings is 1. The number of likely N-dealkylation sites (tertiary alicyclic amines) is 1. The minimum atomic E-state index is -0.265. The number of hydrogen-bond acceptors (Lipinski definition) is 5. The lowest BCUT2D eigenvalue weighted by Gasteiger charge is -2.30. The summed E-state index contributed by atoms with van der Waals surface area (Å²) in [6.07, 6.45) is 7.74. The Hall–Kier alpha value is -3.32. The highest BCUT2D eigenvalue weighted by atomic mass is 19.1. The van der Waals surface area contributed by atoms with Gasteiger partial charge in [0.1, 0.15) is 5.82 Å². The molecule has 30 heavy (non-hydrogen) atoms. The van der Waals surface area contributed by atoms with Crippen LogP contribution in [0.25, 0.3) is 5.65 Å². The van der Waals surface area contributed by atoms with E-state index in [4.69, 9.17) is 10.1 Å². The van der Waals surface area contributed by atoms with Crippen LogP contribution >= 0.6 is 0 Å². The molecule has 1 fully saturated rings. The first-order chi connectivity index (χ1) is 14.7. The number of nitrogens with zero attached hydrogens (tertiary/aromatic N) is 5. The van der Waals surface area contributed by atoms with E-state index in [0.717, 1.165) is 49.6 Å². The summed E-state index contributed by atoms with van der Waals surface area (Å²) in [7, 11) is 0. The number of piperidine rings is 1. The van der Waals surface area contributed by atoms with Crippen molar-refractivity contribution in [3.8, 4) is 0 Å². The fraction of sp³-hybridized carbons (Fsp3) is 0.261. The van der Waals surface area contributed by atoms with Crippen molar-refractivity contribution in [1.29, 1.82) is 0 Å². The Morgan fingerprint density at radius 2 is 1.93 bits per heavy atom. The number of halogens is 1. The van der Waals surface area contributed by atoms with Crippen LogP contribution in [-0.2, 0) is 6.54 Å². The van der Waals surface area contributed by atoms with E-state index in [0.29, 0.717) is 11.6 Å². The minimum absolute atomic E-state index is 0.265. The molecular formula is C23H23FN6. The zero-order valence-corrected chi connectivity index (χ0v) is 16.6. The van der Waals surface area contributed by atoms with Crippen molar-refractivity contribution in [3.05, 3.63) is 84.3 Å². The Bertz CT molecular complexity index is 1130. The molecule has 1 aromatic carbocycles. The van der Waals surface area contributed by atoms with Crippen molar-refractivity contribution in [3.63, 3.8) is 0 Å². The summed E-state index contributed by atoms with van der Waals surface area (Å²) >= 11 is 0. The van der Waals surface area contributed by atoms with Gasteiger partial charge < -0.3 is 5.32 Å². The molecule has 0 unspecified atom stereocenters.